The van der Waals surface area contributed by atoms with Crippen molar-refractivity contribution in [3.63, 3.8) is 0 Å². The minimum Gasteiger partial charge on any atom is -0.481 e. The molecule has 7 heteroatoms. The van der Waals surface area contributed by atoms with Gasteiger partial charge in [0, 0.05) is 24.9 Å². The van der Waals surface area contributed by atoms with E-state index < -0.39 is 12.1 Å². The van der Waals surface area contributed by atoms with Crippen molar-refractivity contribution >= 4 is 18.0 Å². The third-order valence-corrected chi connectivity index (χ3v) is 7.26. The summed E-state index contributed by atoms with van der Waals surface area (Å²) in [6.07, 6.45) is 3.44. The number of benzene rings is 2. The van der Waals surface area contributed by atoms with Crippen molar-refractivity contribution in [2.24, 2.45) is 11.8 Å². The number of hydrogen-bond acceptors (Lipinski definition) is 4. The van der Waals surface area contributed by atoms with Gasteiger partial charge in [0.15, 0.2) is 0 Å². The van der Waals surface area contributed by atoms with Gasteiger partial charge in [-0.3, -0.25) is 9.59 Å². The van der Waals surface area contributed by atoms with Gasteiger partial charge in [-0.15, -0.1) is 0 Å². The van der Waals surface area contributed by atoms with Crippen LogP contribution < -0.4 is 10.6 Å². The molecule has 1 fully saturated rings. The molecule has 0 heterocycles. The Kier molecular flexibility index (Phi) is 8.06. The average molecular weight is 479 g/mol. The maximum Gasteiger partial charge on any atom is 0.407 e. The van der Waals surface area contributed by atoms with Crippen LogP contribution in [0.2, 0.25) is 0 Å². The topological polar surface area (TPSA) is 105 Å². The van der Waals surface area contributed by atoms with Crippen LogP contribution in [-0.2, 0) is 14.3 Å². The van der Waals surface area contributed by atoms with Crippen LogP contribution >= 0.6 is 0 Å². The second kappa shape index (κ2) is 11.4. The van der Waals surface area contributed by atoms with Gasteiger partial charge in [0.1, 0.15) is 6.61 Å². The number of aliphatic carboxylic acids is 1. The Labute approximate surface area is 206 Å². The van der Waals surface area contributed by atoms with Gasteiger partial charge < -0.3 is 20.5 Å². The largest absolute Gasteiger partial charge is 0.481 e. The quantitative estimate of drug-likeness (QED) is 0.434. The molecule has 2 aliphatic rings. The van der Waals surface area contributed by atoms with Crippen LogP contribution in [0.1, 0.15) is 62.5 Å². The van der Waals surface area contributed by atoms with Crippen LogP contribution in [0, 0.1) is 11.8 Å². The minimum atomic E-state index is -0.886. The van der Waals surface area contributed by atoms with Gasteiger partial charge in [-0.25, -0.2) is 4.79 Å². The molecule has 0 bridgehead atoms. The molecule has 186 valence electrons. The Balaban J connectivity index is 1.19. The van der Waals surface area contributed by atoms with Gasteiger partial charge in [-0.05, 0) is 53.4 Å². The highest BCUT2D eigenvalue weighted by molar-refractivity contribution is 5.79. The standard InChI is InChI=1S/C28H34N2O5/c1-18(13-14-26(31)30-25(15-27(32)33)19-7-6-8-19)16-29-28(34)35-17-24-22-11-4-2-9-20(22)21-10-3-5-12-23(21)24/h2-5,9-12,18-19,24-25H,6-8,13-17H2,1H3,(H,29,34)(H,30,31)(H,32,33). The molecule has 2 atom stereocenters. The highest BCUT2D eigenvalue weighted by Crippen LogP contribution is 2.44. The highest BCUT2D eigenvalue weighted by Gasteiger charge is 2.30. The maximum atomic E-state index is 12.4. The van der Waals surface area contributed by atoms with Crippen molar-refractivity contribution in [2.45, 2.75) is 57.4 Å². The summed E-state index contributed by atoms with van der Waals surface area (Å²) in [5.74, 6) is -0.645. The molecule has 2 aromatic carbocycles. The fourth-order valence-electron chi connectivity index (χ4n) is 5.03. The number of carbonyl (C=O) groups excluding carboxylic acids is 2. The Bertz CT molecular complexity index is 1020. The fraction of sp³-hybridized carbons (Fsp3) is 0.464. The fourth-order valence-corrected chi connectivity index (χ4v) is 5.03. The smallest absolute Gasteiger partial charge is 0.407 e. The molecule has 0 saturated heterocycles. The average Bonchev–Trinajstić information content (AvgIpc) is 3.12. The van der Waals surface area contributed by atoms with E-state index in [0.717, 1.165) is 19.3 Å². The molecule has 35 heavy (non-hydrogen) atoms. The van der Waals surface area contributed by atoms with Crippen LogP contribution in [-0.4, -0.2) is 42.3 Å². The summed E-state index contributed by atoms with van der Waals surface area (Å²) >= 11 is 0. The number of carboxylic acids is 1. The lowest BCUT2D eigenvalue weighted by atomic mass is 9.78. The predicted octanol–water partition coefficient (Wildman–Crippen LogP) is 4.70. The first-order chi connectivity index (χ1) is 16.9. The van der Waals surface area contributed by atoms with E-state index >= 15 is 0 Å². The number of ether oxygens (including phenoxy) is 1. The van der Waals surface area contributed by atoms with E-state index in [0.29, 0.717) is 19.4 Å². The number of fused-ring (bicyclic) bond motifs is 3. The monoisotopic (exact) mass is 478 g/mol. The molecule has 1 saturated carbocycles. The first-order valence-electron chi connectivity index (χ1n) is 12.5. The Morgan fingerprint density at radius 2 is 1.66 bits per heavy atom. The van der Waals surface area contributed by atoms with Crippen LogP contribution in [0.15, 0.2) is 48.5 Å². The first kappa shape index (κ1) is 24.8. The number of nitrogens with one attached hydrogen (secondary N) is 2. The molecular weight excluding hydrogens is 444 g/mol. The summed E-state index contributed by atoms with van der Waals surface area (Å²) < 4.78 is 5.57. The number of alkyl carbamates (subject to hydrolysis) is 1. The number of rotatable bonds is 11. The molecule has 2 aromatic rings. The van der Waals surface area contributed by atoms with Crippen LogP contribution in [0.25, 0.3) is 11.1 Å². The first-order valence-corrected chi connectivity index (χ1v) is 12.5. The van der Waals surface area contributed by atoms with Gasteiger partial charge in [0.2, 0.25) is 5.91 Å². The normalized spacial score (nSPS) is 16.4. The van der Waals surface area contributed by atoms with Gasteiger partial charge in [-0.1, -0.05) is 61.9 Å². The van der Waals surface area contributed by atoms with Crippen LogP contribution in [0.5, 0.6) is 0 Å². The molecule has 2 amide bonds. The summed E-state index contributed by atoms with van der Waals surface area (Å²) in [4.78, 5) is 35.8. The van der Waals surface area contributed by atoms with E-state index in [9.17, 15) is 14.4 Å². The van der Waals surface area contributed by atoms with E-state index in [-0.39, 0.29) is 42.7 Å². The van der Waals surface area contributed by atoms with Crippen molar-refractivity contribution in [1.29, 1.82) is 0 Å². The summed E-state index contributed by atoms with van der Waals surface area (Å²) in [5, 5.41) is 14.8. The van der Waals surface area contributed by atoms with Crippen LogP contribution in [0.3, 0.4) is 0 Å². The molecule has 2 aliphatic carbocycles. The second-order valence-corrected chi connectivity index (χ2v) is 9.81. The van der Waals surface area contributed by atoms with Crippen molar-refractivity contribution < 1.29 is 24.2 Å². The third kappa shape index (κ3) is 6.21. The molecule has 0 radical (unpaired) electrons. The molecule has 4 rings (SSSR count). The number of carbonyl (C=O) groups is 3. The molecule has 2 unspecified atom stereocenters. The maximum absolute atomic E-state index is 12.4. The zero-order chi connectivity index (χ0) is 24.8. The predicted molar refractivity (Wildman–Crippen MR) is 133 cm³/mol. The Morgan fingerprint density at radius 3 is 2.23 bits per heavy atom. The SMILES string of the molecule is CC(CCC(=O)NC(CC(=O)O)C1CCC1)CNC(=O)OCC1c2ccccc2-c2ccccc21. The summed E-state index contributed by atoms with van der Waals surface area (Å²) in [5.41, 5.74) is 4.71. The lowest BCUT2D eigenvalue weighted by Gasteiger charge is -2.33. The highest BCUT2D eigenvalue weighted by atomic mass is 16.5. The van der Waals surface area contributed by atoms with E-state index in [1.807, 2.05) is 31.2 Å². The van der Waals surface area contributed by atoms with Crippen LogP contribution in [0.4, 0.5) is 4.79 Å². The summed E-state index contributed by atoms with van der Waals surface area (Å²) in [6, 6.07) is 16.1. The number of hydrogen-bond donors (Lipinski definition) is 3. The molecular formula is C28H34N2O5. The van der Waals surface area contributed by atoms with Crippen molar-refractivity contribution in [2.75, 3.05) is 13.2 Å². The lowest BCUT2D eigenvalue weighted by Crippen LogP contribution is -2.44. The molecule has 0 aromatic heterocycles. The van der Waals surface area contributed by atoms with E-state index in [1.165, 1.54) is 22.3 Å². The van der Waals surface area contributed by atoms with Gasteiger partial charge in [0.05, 0.1) is 6.42 Å². The third-order valence-electron chi connectivity index (χ3n) is 7.26. The molecule has 0 spiro atoms. The Hall–Kier alpha value is -3.35. The van der Waals surface area contributed by atoms with Gasteiger partial charge >= 0.3 is 12.1 Å². The number of amides is 2. The number of carboxylic acid groups (broad SMARTS) is 1. The summed E-state index contributed by atoms with van der Waals surface area (Å²) in [7, 11) is 0. The van der Waals surface area contributed by atoms with Crippen molar-refractivity contribution in [3.05, 3.63) is 59.7 Å². The Morgan fingerprint density at radius 1 is 1.03 bits per heavy atom. The van der Waals surface area contributed by atoms with E-state index in [1.54, 1.807) is 0 Å². The molecule has 7 nitrogen and oxygen atoms in total. The van der Waals surface area contributed by atoms with E-state index in [2.05, 4.69) is 34.9 Å². The molecule has 3 N–H and O–H groups in total. The van der Waals surface area contributed by atoms with Crippen molar-refractivity contribution in [1.82, 2.24) is 10.6 Å². The summed E-state index contributed by atoms with van der Waals surface area (Å²) in [6.45, 7) is 2.64. The van der Waals surface area contributed by atoms with E-state index in [4.69, 9.17) is 9.84 Å². The van der Waals surface area contributed by atoms with Crippen molar-refractivity contribution in [3.8, 4) is 11.1 Å². The zero-order valence-corrected chi connectivity index (χ0v) is 20.2. The molecule has 0 aliphatic heterocycles. The van der Waals surface area contributed by atoms with Gasteiger partial charge in [-0.2, -0.15) is 0 Å². The second-order valence-electron chi connectivity index (χ2n) is 9.81. The lowest BCUT2D eigenvalue weighted by molar-refractivity contribution is -0.138. The van der Waals surface area contributed by atoms with Gasteiger partial charge in [0.25, 0.3) is 0 Å². The minimum absolute atomic E-state index is 0.0173. The zero-order valence-electron chi connectivity index (χ0n) is 20.2.